The van der Waals surface area contributed by atoms with Crippen molar-refractivity contribution in [2.24, 2.45) is 0 Å². The molecule has 0 amide bonds. The normalized spacial score (nSPS) is 11.6. The molecule has 0 atom stereocenters. The van der Waals surface area contributed by atoms with Crippen LogP contribution in [0.15, 0.2) is 97.1 Å². The maximum atomic E-state index is 2.32. The zero-order chi connectivity index (χ0) is 19.3. The van der Waals surface area contributed by atoms with Crippen molar-refractivity contribution in [1.82, 2.24) is 0 Å². The van der Waals surface area contributed by atoms with E-state index in [1.165, 1.54) is 32.6 Å². The molecule has 0 unspecified atom stereocenters. The highest BCUT2D eigenvalue weighted by Gasteiger charge is 2.04. The minimum atomic E-state index is -0.397. The van der Waals surface area contributed by atoms with Crippen molar-refractivity contribution in [3.8, 4) is 11.1 Å². The summed E-state index contributed by atoms with van der Waals surface area (Å²) in [5.74, 6) is 0. The van der Waals surface area contributed by atoms with Crippen molar-refractivity contribution in [2.75, 3.05) is 0 Å². The highest BCUT2D eigenvalue weighted by Crippen LogP contribution is 2.16. The van der Waals surface area contributed by atoms with Gasteiger partial charge in [-0.3, -0.25) is 0 Å². The third-order valence-electron chi connectivity index (χ3n) is 5.55. The summed E-state index contributed by atoms with van der Waals surface area (Å²) in [6.07, 6.45) is 0. The van der Waals surface area contributed by atoms with Crippen LogP contribution >= 0.6 is 0 Å². The summed E-state index contributed by atoms with van der Waals surface area (Å²) in [6.45, 7) is 4.44. The Kier molecular flexibility index (Phi) is 5.70. The quantitative estimate of drug-likeness (QED) is 0.455. The molecule has 0 aliphatic carbocycles. The van der Waals surface area contributed by atoms with Crippen molar-refractivity contribution in [3.63, 3.8) is 0 Å². The Hall–Kier alpha value is -2.69. The van der Waals surface area contributed by atoms with Gasteiger partial charge in [-0.1, -0.05) is 129 Å². The topological polar surface area (TPSA) is 0 Å². The van der Waals surface area contributed by atoms with Crippen LogP contribution in [0.25, 0.3) is 11.1 Å². The Labute approximate surface area is 172 Å². The van der Waals surface area contributed by atoms with Crippen LogP contribution in [0.2, 0.25) is 0 Å². The number of benzene rings is 4. The summed E-state index contributed by atoms with van der Waals surface area (Å²) in [7, 11) is -0.794. The van der Waals surface area contributed by atoms with Gasteiger partial charge in [-0.05, 0) is 25.0 Å². The summed E-state index contributed by atoms with van der Waals surface area (Å²) < 4.78 is 0. The molecule has 0 N–H and O–H groups in total. The first-order chi connectivity index (χ1) is 13.7. The molecule has 4 aromatic carbocycles. The first-order valence-electron chi connectivity index (χ1n) is 9.96. The van der Waals surface area contributed by atoms with Gasteiger partial charge in [0, 0.05) is 0 Å². The molecule has 0 fully saturated rings. The maximum absolute atomic E-state index is 2.32. The molecule has 0 saturated heterocycles. The van der Waals surface area contributed by atoms with Gasteiger partial charge in [0.15, 0.2) is 0 Å². The van der Waals surface area contributed by atoms with Crippen molar-refractivity contribution in [2.45, 2.75) is 13.8 Å². The molecule has 0 aliphatic rings. The van der Waals surface area contributed by atoms with Crippen molar-refractivity contribution in [3.05, 3.63) is 108 Å². The Balaban J connectivity index is 1.47. The fourth-order valence-electron chi connectivity index (χ4n) is 3.69. The highest BCUT2D eigenvalue weighted by atomic mass is 28.2. The predicted molar refractivity (Wildman–Crippen MR) is 130 cm³/mol. The van der Waals surface area contributed by atoms with E-state index in [-0.39, 0.29) is 0 Å². The van der Waals surface area contributed by atoms with Crippen LogP contribution in [0.1, 0.15) is 11.1 Å². The molecule has 4 rings (SSSR count). The van der Waals surface area contributed by atoms with Gasteiger partial charge in [-0.25, -0.2) is 0 Å². The van der Waals surface area contributed by atoms with Crippen molar-refractivity contribution < 1.29 is 0 Å². The van der Waals surface area contributed by atoms with Gasteiger partial charge in [-0.15, -0.1) is 0 Å². The zero-order valence-corrected chi connectivity index (χ0v) is 19.5. The van der Waals surface area contributed by atoms with Gasteiger partial charge in [-0.2, -0.15) is 0 Å². The predicted octanol–water partition coefficient (Wildman–Crippen LogP) is 2.21. The molecule has 0 aromatic heterocycles. The lowest BCUT2D eigenvalue weighted by Crippen LogP contribution is -2.28. The average Bonchev–Trinajstić information content (AvgIpc) is 2.73. The van der Waals surface area contributed by atoms with Crippen LogP contribution < -0.4 is 20.7 Å². The number of hydrogen-bond donors (Lipinski definition) is 0. The van der Waals surface area contributed by atoms with Gasteiger partial charge in [0.25, 0.3) is 0 Å². The molecule has 0 heterocycles. The summed E-state index contributed by atoms with van der Waals surface area (Å²) in [6, 6.07) is 36.0. The summed E-state index contributed by atoms with van der Waals surface area (Å²) in [4.78, 5) is 0. The lowest BCUT2D eigenvalue weighted by atomic mass is 10.1. The molecule has 2 heteroatoms. The second-order valence-electron chi connectivity index (χ2n) is 7.60. The maximum Gasteiger partial charge on any atom is 0.0878 e. The zero-order valence-electron chi connectivity index (χ0n) is 16.7. The van der Waals surface area contributed by atoms with Gasteiger partial charge >= 0.3 is 0 Å². The van der Waals surface area contributed by atoms with Crippen LogP contribution in [-0.4, -0.2) is 19.0 Å². The smallest absolute Gasteiger partial charge is 0.0630 e. The van der Waals surface area contributed by atoms with Crippen LogP contribution in [0, 0.1) is 13.8 Å². The average molecular weight is 395 g/mol. The minimum absolute atomic E-state index is 0.397. The molecule has 0 radical (unpaired) electrons. The standard InChI is InChI=1S/C26H26Si2/c1-19-7-3-5-9-25(19)27-23-15-11-21(12-16-23)22-13-17-24(18-14-22)28-26-10-6-4-8-20(26)2/h3-18H,27-28H2,1-2H3. The lowest BCUT2D eigenvalue weighted by Gasteiger charge is -2.08. The molecule has 138 valence electrons. The van der Waals surface area contributed by atoms with E-state index < -0.39 is 19.0 Å². The molecular formula is C26H26Si2. The SMILES string of the molecule is Cc1ccccc1[SiH2]c1ccc(-c2ccc([SiH2]c3ccccc3C)cc2)cc1. The highest BCUT2D eigenvalue weighted by molar-refractivity contribution is 6.68. The Bertz CT molecular complexity index is 975. The number of rotatable bonds is 5. The van der Waals surface area contributed by atoms with E-state index in [1.807, 2.05) is 0 Å². The number of aryl methyl sites for hydroxylation is 2. The first-order valence-corrected chi connectivity index (χ1v) is 12.8. The summed E-state index contributed by atoms with van der Waals surface area (Å²) >= 11 is 0. The Morgan fingerprint density at radius 3 is 1.14 bits per heavy atom. The molecule has 0 aliphatic heterocycles. The van der Waals surface area contributed by atoms with E-state index in [4.69, 9.17) is 0 Å². The first kappa shape index (κ1) is 18.7. The summed E-state index contributed by atoms with van der Waals surface area (Å²) in [5.41, 5.74) is 5.47. The molecule has 28 heavy (non-hydrogen) atoms. The largest absolute Gasteiger partial charge is 0.0878 e. The summed E-state index contributed by atoms with van der Waals surface area (Å²) in [5, 5.41) is 6.09. The van der Waals surface area contributed by atoms with Gasteiger partial charge in [0.2, 0.25) is 0 Å². The molecule has 0 bridgehead atoms. The lowest BCUT2D eigenvalue weighted by molar-refractivity contribution is 1.51. The van der Waals surface area contributed by atoms with Gasteiger partial charge in [0.1, 0.15) is 0 Å². The number of hydrogen-bond acceptors (Lipinski definition) is 0. The second-order valence-corrected chi connectivity index (χ2v) is 11.5. The molecule has 0 saturated carbocycles. The van der Waals surface area contributed by atoms with Crippen LogP contribution in [0.5, 0.6) is 0 Å². The fourth-order valence-corrected chi connectivity index (χ4v) is 6.81. The molecule has 4 aromatic rings. The third kappa shape index (κ3) is 4.41. The van der Waals surface area contributed by atoms with E-state index in [1.54, 1.807) is 10.4 Å². The monoisotopic (exact) mass is 394 g/mol. The van der Waals surface area contributed by atoms with E-state index in [0.29, 0.717) is 0 Å². The Morgan fingerprint density at radius 2 is 0.786 bits per heavy atom. The van der Waals surface area contributed by atoms with E-state index in [2.05, 4.69) is 111 Å². The fraction of sp³-hybridized carbons (Fsp3) is 0.0769. The van der Waals surface area contributed by atoms with E-state index in [0.717, 1.165) is 0 Å². The van der Waals surface area contributed by atoms with Gasteiger partial charge < -0.3 is 0 Å². The van der Waals surface area contributed by atoms with Crippen LogP contribution in [0.3, 0.4) is 0 Å². The third-order valence-corrected chi connectivity index (χ3v) is 9.66. The Morgan fingerprint density at radius 1 is 0.429 bits per heavy atom. The van der Waals surface area contributed by atoms with E-state index in [9.17, 15) is 0 Å². The van der Waals surface area contributed by atoms with Crippen molar-refractivity contribution in [1.29, 1.82) is 0 Å². The molecule has 0 spiro atoms. The van der Waals surface area contributed by atoms with Gasteiger partial charge in [0.05, 0.1) is 19.0 Å². The van der Waals surface area contributed by atoms with Crippen LogP contribution in [0.4, 0.5) is 0 Å². The van der Waals surface area contributed by atoms with Crippen molar-refractivity contribution >= 4 is 39.8 Å². The minimum Gasteiger partial charge on any atom is -0.0630 e. The second kappa shape index (κ2) is 8.55. The van der Waals surface area contributed by atoms with E-state index >= 15 is 0 Å². The molecular weight excluding hydrogens is 368 g/mol. The molecule has 0 nitrogen and oxygen atoms in total. The van der Waals surface area contributed by atoms with Crippen LogP contribution in [-0.2, 0) is 0 Å².